The molecule has 0 aliphatic carbocycles. The lowest BCUT2D eigenvalue weighted by atomic mass is 10.00. The Balaban J connectivity index is 1.95. The number of aliphatic hydroxyl groups is 1. The van der Waals surface area contributed by atoms with Gasteiger partial charge < -0.3 is 14.8 Å². The van der Waals surface area contributed by atoms with E-state index in [1.807, 2.05) is 42.5 Å². The summed E-state index contributed by atoms with van der Waals surface area (Å²) < 4.78 is 5.40. The molecular weight excluding hydrogens is 290 g/mol. The van der Waals surface area contributed by atoms with E-state index < -0.39 is 0 Å². The first-order valence-corrected chi connectivity index (χ1v) is 7.32. The van der Waals surface area contributed by atoms with E-state index in [4.69, 9.17) is 4.74 Å². The van der Waals surface area contributed by atoms with Crippen LogP contribution in [0.15, 0.2) is 48.7 Å². The van der Waals surface area contributed by atoms with E-state index in [0.29, 0.717) is 5.82 Å². The predicted molar refractivity (Wildman–Crippen MR) is 89.3 cm³/mol. The van der Waals surface area contributed by atoms with Gasteiger partial charge in [0.15, 0.2) is 0 Å². The van der Waals surface area contributed by atoms with Crippen LogP contribution in [0.25, 0.3) is 33.1 Å². The van der Waals surface area contributed by atoms with Gasteiger partial charge in [-0.1, -0.05) is 12.1 Å². The maximum Gasteiger partial charge on any atom is 0.145 e. The number of aliphatic hydroxyl groups excluding tert-OH is 1. The van der Waals surface area contributed by atoms with Crippen molar-refractivity contribution in [2.75, 3.05) is 7.11 Å². The number of pyridine rings is 1. The summed E-state index contributed by atoms with van der Waals surface area (Å²) in [5.74, 6) is 1.33. The summed E-state index contributed by atoms with van der Waals surface area (Å²) in [6.45, 7) is -0.0978. The van der Waals surface area contributed by atoms with E-state index >= 15 is 0 Å². The standard InChI is InChI=1S/C18H15N3O2/c1-23-16-7-5-12(13-3-2-8-19-18(13)16)11-4-6-14-15(9-11)21-17(10-22)20-14/h2-9,22H,10H2,1H3,(H,20,21). The Morgan fingerprint density at radius 1 is 1.17 bits per heavy atom. The molecule has 0 saturated carbocycles. The van der Waals surface area contributed by atoms with Crippen LogP contribution >= 0.6 is 0 Å². The molecule has 0 fully saturated rings. The quantitative estimate of drug-likeness (QED) is 0.609. The minimum Gasteiger partial charge on any atom is -0.494 e. The summed E-state index contributed by atoms with van der Waals surface area (Å²) in [6, 6.07) is 13.9. The van der Waals surface area contributed by atoms with Crippen LogP contribution in [-0.2, 0) is 6.61 Å². The molecule has 0 radical (unpaired) electrons. The molecule has 0 aliphatic heterocycles. The van der Waals surface area contributed by atoms with Gasteiger partial charge in [-0.05, 0) is 41.5 Å². The van der Waals surface area contributed by atoms with Crippen LogP contribution in [0.4, 0.5) is 0 Å². The van der Waals surface area contributed by atoms with Crippen molar-refractivity contribution in [3.63, 3.8) is 0 Å². The van der Waals surface area contributed by atoms with E-state index in [0.717, 1.165) is 38.8 Å². The van der Waals surface area contributed by atoms with Crippen LogP contribution in [-0.4, -0.2) is 27.2 Å². The fourth-order valence-electron chi connectivity index (χ4n) is 2.87. The highest BCUT2D eigenvalue weighted by atomic mass is 16.5. The largest absolute Gasteiger partial charge is 0.494 e. The Bertz CT molecular complexity index is 1010. The SMILES string of the molecule is COc1ccc(-c2ccc3nc(CO)[nH]c3c2)c2cccnc12. The van der Waals surface area contributed by atoms with Crippen molar-refractivity contribution in [1.29, 1.82) is 0 Å². The topological polar surface area (TPSA) is 71.0 Å². The Kier molecular flexibility index (Phi) is 3.20. The second kappa shape index (κ2) is 5.37. The zero-order chi connectivity index (χ0) is 15.8. The number of imidazole rings is 1. The first-order chi connectivity index (χ1) is 11.3. The van der Waals surface area contributed by atoms with Gasteiger partial charge in [-0.15, -0.1) is 0 Å². The molecule has 0 unspecified atom stereocenters. The lowest BCUT2D eigenvalue weighted by Crippen LogP contribution is -1.89. The summed E-state index contributed by atoms with van der Waals surface area (Å²) in [6.07, 6.45) is 1.76. The van der Waals surface area contributed by atoms with Crippen LogP contribution in [0.1, 0.15) is 5.82 Å². The average molecular weight is 305 g/mol. The van der Waals surface area contributed by atoms with Crippen LogP contribution in [0.2, 0.25) is 0 Å². The molecule has 114 valence electrons. The second-order valence-corrected chi connectivity index (χ2v) is 5.29. The molecule has 0 aliphatic rings. The van der Waals surface area contributed by atoms with Gasteiger partial charge in [0.2, 0.25) is 0 Å². The molecular formula is C18H15N3O2. The zero-order valence-corrected chi connectivity index (χ0v) is 12.6. The molecule has 23 heavy (non-hydrogen) atoms. The van der Waals surface area contributed by atoms with Gasteiger partial charge in [0.05, 0.1) is 18.1 Å². The predicted octanol–water partition coefficient (Wildman–Crippen LogP) is 3.28. The van der Waals surface area contributed by atoms with Gasteiger partial charge in [0.25, 0.3) is 0 Å². The molecule has 0 spiro atoms. The molecule has 4 aromatic rings. The van der Waals surface area contributed by atoms with E-state index in [1.165, 1.54) is 0 Å². The number of rotatable bonds is 3. The second-order valence-electron chi connectivity index (χ2n) is 5.29. The Morgan fingerprint density at radius 2 is 2.09 bits per heavy atom. The Hall–Kier alpha value is -2.92. The highest BCUT2D eigenvalue weighted by molar-refractivity contribution is 5.99. The number of methoxy groups -OCH3 is 1. The van der Waals surface area contributed by atoms with E-state index in [2.05, 4.69) is 15.0 Å². The maximum absolute atomic E-state index is 9.21. The van der Waals surface area contributed by atoms with Gasteiger partial charge >= 0.3 is 0 Å². The van der Waals surface area contributed by atoms with Crippen LogP contribution in [0, 0.1) is 0 Å². The third kappa shape index (κ3) is 2.22. The van der Waals surface area contributed by atoms with Crippen molar-refractivity contribution in [1.82, 2.24) is 15.0 Å². The van der Waals surface area contributed by atoms with Gasteiger partial charge in [0.1, 0.15) is 23.7 Å². The van der Waals surface area contributed by atoms with Gasteiger partial charge in [-0.2, -0.15) is 0 Å². The summed E-state index contributed by atoms with van der Waals surface area (Å²) in [5, 5.41) is 10.2. The number of benzene rings is 2. The van der Waals surface area contributed by atoms with Crippen molar-refractivity contribution in [2.45, 2.75) is 6.61 Å². The first-order valence-electron chi connectivity index (χ1n) is 7.32. The lowest BCUT2D eigenvalue weighted by molar-refractivity contribution is 0.273. The van der Waals surface area contributed by atoms with Gasteiger partial charge in [-0.3, -0.25) is 4.98 Å². The van der Waals surface area contributed by atoms with Gasteiger partial charge in [-0.25, -0.2) is 4.98 Å². The normalized spacial score (nSPS) is 11.2. The molecule has 4 rings (SSSR count). The maximum atomic E-state index is 9.21. The highest BCUT2D eigenvalue weighted by Gasteiger charge is 2.10. The molecule has 2 aromatic carbocycles. The summed E-state index contributed by atoms with van der Waals surface area (Å²) in [7, 11) is 1.65. The van der Waals surface area contributed by atoms with Gasteiger partial charge in [0, 0.05) is 11.6 Å². The fraction of sp³-hybridized carbons (Fsp3) is 0.111. The number of aromatic amines is 1. The van der Waals surface area contributed by atoms with Crippen LogP contribution in [0.3, 0.4) is 0 Å². The average Bonchev–Trinajstić information content (AvgIpc) is 3.03. The number of nitrogens with zero attached hydrogens (tertiary/aromatic N) is 2. The molecule has 0 saturated heterocycles. The smallest absolute Gasteiger partial charge is 0.145 e. The number of ether oxygens (including phenoxy) is 1. The van der Waals surface area contributed by atoms with Crippen LogP contribution in [0.5, 0.6) is 5.75 Å². The number of fused-ring (bicyclic) bond motifs is 2. The fourth-order valence-corrected chi connectivity index (χ4v) is 2.87. The highest BCUT2D eigenvalue weighted by Crippen LogP contribution is 2.34. The molecule has 2 N–H and O–H groups in total. The van der Waals surface area contributed by atoms with Crippen molar-refractivity contribution in [3.8, 4) is 16.9 Å². The molecule has 5 nitrogen and oxygen atoms in total. The molecule has 0 amide bonds. The zero-order valence-electron chi connectivity index (χ0n) is 12.6. The first kappa shape index (κ1) is 13.7. The number of hydrogen-bond acceptors (Lipinski definition) is 4. The molecule has 5 heteroatoms. The number of hydrogen-bond donors (Lipinski definition) is 2. The third-order valence-electron chi connectivity index (χ3n) is 3.94. The van der Waals surface area contributed by atoms with E-state index in [1.54, 1.807) is 13.3 Å². The number of H-pyrrole nitrogens is 1. The Labute approximate surface area is 132 Å². The van der Waals surface area contributed by atoms with E-state index in [9.17, 15) is 5.11 Å². The van der Waals surface area contributed by atoms with E-state index in [-0.39, 0.29) is 6.61 Å². The van der Waals surface area contributed by atoms with Crippen LogP contribution < -0.4 is 4.74 Å². The molecule has 2 heterocycles. The van der Waals surface area contributed by atoms with Crippen molar-refractivity contribution < 1.29 is 9.84 Å². The monoisotopic (exact) mass is 305 g/mol. The summed E-state index contributed by atoms with van der Waals surface area (Å²) in [4.78, 5) is 11.9. The lowest BCUT2D eigenvalue weighted by Gasteiger charge is -2.10. The Morgan fingerprint density at radius 3 is 2.91 bits per heavy atom. The molecule has 0 bridgehead atoms. The minimum atomic E-state index is -0.0978. The molecule has 0 atom stereocenters. The number of nitrogens with one attached hydrogen (secondary N) is 1. The molecule has 2 aromatic heterocycles. The summed E-state index contributed by atoms with van der Waals surface area (Å²) in [5.41, 5.74) is 4.73. The van der Waals surface area contributed by atoms with Crippen molar-refractivity contribution >= 4 is 21.9 Å². The van der Waals surface area contributed by atoms with Crippen molar-refractivity contribution in [2.24, 2.45) is 0 Å². The minimum absolute atomic E-state index is 0.0978. The van der Waals surface area contributed by atoms with Crippen molar-refractivity contribution in [3.05, 3.63) is 54.5 Å². The number of aromatic nitrogens is 3. The summed E-state index contributed by atoms with van der Waals surface area (Å²) >= 11 is 0. The third-order valence-corrected chi connectivity index (χ3v) is 3.94.